The highest BCUT2D eigenvalue weighted by molar-refractivity contribution is 5.85. The fourth-order valence-electron chi connectivity index (χ4n) is 2.19. The lowest BCUT2D eigenvalue weighted by molar-refractivity contribution is -0.126. The van der Waals surface area contributed by atoms with Gasteiger partial charge in [0, 0.05) is 19.2 Å². The molecule has 2 unspecified atom stereocenters. The first-order chi connectivity index (χ1) is 10.6. The largest absolute Gasteiger partial charge is 0.497 e. The molecule has 1 aromatic carbocycles. The van der Waals surface area contributed by atoms with Crippen LogP contribution < -0.4 is 20.1 Å². The summed E-state index contributed by atoms with van der Waals surface area (Å²) < 4.78 is 15.6. The van der Waals surface area contributed by atoms with E-state index in [1.165, 1.54) is 0 Å². The van der Waals surface area contributed by atoms with Crippen LogP contribution in [0.1, 0.15) is 11.7 Å². The Bertz CT molecular complexity index is 486. The van der Waals surface area contributed by atoms with Crippen molar-refractivity contribution in [3.63, 3.8) is 0 Å². The van der Waals surface area contributed by atoms with Crippen LogP contribution in [0, 0.1) is 0 Å². The van der Waals surface area contributed by atoms with Crippen molar-refractivity contribution in [2.24, 2.45) is 0 Å². The van der Waals surface area contributed by atoms with Crippen LogP contribution in [0.4, 0.5) is 0 Å². The summed E-state index contributed by atoms with van der Waals surface area (Å²) in [6.45, 7) is 1.70. The summed E-state index contributed by atoms with van der Waals surface area (Å²) >= 11 is 0. The molecule has 0 aliphatic carbocycles. The Kier molecular flexibility index (Phi) is 8.11. The lowest BCUT2D eigenvalue weighted by atomic mass is 10.1. The van der Waals surface area contributed by atoms with E-state index >= 15 is 0 Å². The van der Waals surface area contributed by atoms with Gasteiger partial charge < -0.3 is 30.0 Å². The molecule has 2 rings (SSSR count). The van der Waals surface area contributed by atoms with Gasteiger partial charge in [0.05, 0.1) is 33.5 Å². The first kappa shape index (κ1) is 19.5. The maximum absolute atomic E-state index is 12.0. The van der Waals surface area contributed by atoms with E-state index < -0.39 is 6.10 Å². The van der Waals surface area contributed by atoms with Gasteiger partial charge in [0.1, 0.15) is 17.5 Å². The zero-order valence-corrected chi connectivity index (χ0v) is 14.0. The second kappa shape index (κ2) is 9.57. The van der Waals surface area contributed by atoms with Crippen LogP contribution in [-0.4, -0.2) is 57.6 Å². The number of hydrogen-bond donors (Lipinski definition) is 3. The second-order valence-corrected chi connectivity index (χ2v) is 4.99. The lowest BCUT2D eigenvalue weighted by Crippen LogP contribution is -2.51. The zero-order valence-electron chi connectivity index (χ0n) is 13.2. The topological polar surface area (TPSA) is 89.0 Å². The van der Waals surface area contributed by atoms with Crippen LogP contribution in [0.25, 0.3) is 0 Å². The molecule has 1 aliphatic rings. The van der Waals surface area contributed by atoms with Crippen LogP contribution >= 0.6 is 12.4 Å². The van der Waals surface area contributed by atoms with Crippen LogP contribution in [0.2, 0.25) is 0 Å². The molecule has 0 radical (unpaired) electrons. The molecule has 23 heavy (non-hydrogen) atoms. The van der Waals surface area contributed by atoms with Gasteiger partial charge in [-0.15, -0.1) is 12.4 Å². The quantitative estimate of drug-likeness (QED) is 0.685. The second-order valence-electron chi connectivity index (χ2n) is 4.99. The molecule has 0 aromatic heterocycles. The van der Waals surface area contributed by atoms with Gasteiger partial charge in [-0.05, 0) is 17.7 Å². The summed E-state index contributed by atoms with van der Waals surface area (Å²) in [6.07, 6.45) is -0.850. The Labute approximate surface area is 141 Å². The van der Waals surface area contributed by atoms with Crippen molar-refractivity contribution in [3.8, 4) is 11.5 Å². The molecule has 1 aliphatic heterocycles. The maximum Gasteiger partial charge on any atom is 0.239 e. The fourth-order valence-corrected chi connectivity index (χ4v) is 2.19. The normalized spacial score (nSPS) is 18.5. The van der Waals surface area contributed by atoms with Crippen LogP contribution in [0.15, 0.2) is 18.2 Å². The predicted octanol–water partition coefficient (Wildman–Crippen LogP) is 0.264. The van der Waals surface area contributed by atoms with Gasteiger partial charge in [-0.25, -0.2) is 0 Å². The number of halogens is 1. The number of aliphatic hydroxyl groups is 1. The van der Waals surface area contributed by atoms with Gasteiger partial charge in [0.25, 0.3) is 0 Å². The molecule has 8 heteroatoms. The number of carbonyl (C=O) groups excluding carboxylic acids is 1. The van der Waals surface area contributed by atoms with E-state index in [2.05, 4.69) is 10.6 Å². The molecule has 7 nitrogen and oxygen atoms in total. The monoisotopic (exact) mass is 346 g/mol. The first-order valence-electron chi connectivity index (χ1n) is 7.14. The minimum Gasteiger partial charge on any atom is -0.497 e. The van der Waals surface area contributed by atoms with Crippen molar-refractivity contribution in [2.45, 2.75) is 12.1 Å². The Balaban J connectivity index is 0.00000264. The molecule has 1 saturated heterocycles. The number of methoxy groups -OCH3 is 2. The summed E-state index contributed by atoms with van der Waals surface area (Å²) in [5.41, 5.74) is 0.615. The average Bonchev–Trinajstić information content (AvgIpc) is 2.59. The average molecular weight is 347 g/mol. The first-order valence-corrected chi connectivity index (χ1v) is 7.14. The van der Waals surface area contributed by atoms with E-state index in [-0.39, 0.29) is 30.9 Å². The van der Waals surface area contributed by atoms with Crippen molar-refractivity contribution in [2.75, 3.05) is 40.5 Å². The minimum absolute atomic E-state index is 0. The van der Waals surface area contributed by atoms with Crippen LogP contribution in [0.3, 0.4) is 0 Å². The number of rotatable bonds is 6. The molecule has 2 atom stereocenters. The Morgan fingerprint density at radius 1 is 1.39 bits per heavy atom. The van der Waals surface area contributed by atoms with E-state index in [9.17, 15) is 9.90 Å². The van der Waals surface area contributed by atoms with Crippen molar-refractivity contribution in [3.05, 3.63) is 23.8 Å². The van der Waals surface area contributed by atoms with Crippen LogP contribution in [-0.2, 0) is 9.53 Å². The number of morpholine rings is 1. The third-order valence-corrected chi connectivity index (χ3v) is 3.47. The highest BCUT2D eigenvalue weighted by atomic mass is 35.5. The van der Waals surface area contributed by atoms with Crippen molar-refractivity contribution in [1.29, 1.82) is 0 Å². The Hall–Kier alpha value is -1.54. The summed E-state index contributed by atoms with van der Waals surface area (Å²) in [5, 5.41) is 16.0. The number of aliphatic hydroxyl groups excluding tert-OH is 1. The molecule has 0 spiro atoms. The maximum atomic E-state index is 12.0. The lowest BCUT2D eigenvalue weighted by Gasteiger charge is -2.23. The van der Waals surface area contributed by atoms with Crippen molar-refractivity contribution in [1.82, 2.24) is 10.6 Å². The molecule has 0 saturated carbocycles. The minimum atomic E-state index is -0.850. The van der Waals surface area contributed by atoms with Gasteiger partial charge >= 0.3 is 0 Å². The van der Waals surface area contributed by atoms with Gasteiger partial charge in [-0.3, -0.25) is 4.79 Å². The summed E-state index contributed by atoms with van der Waals surface area (Å²) in [7, 11) is 3.09. The molecule has 0 bridgehead atoms. The SMILES string of the molecule is COc1cc(OC)cc(C(O)CNC(=O)C2COCCN2)c1.Cl. The van der Waals surface area contributed by atoms with Gasteiger partial charge in [-0.1, -0.05) is 0 Å². The zero-order chi connectivity index (χ0) is 15.9. The summed E-state index contributed by atoms with van der Waals surface area (Å²) in [4.78, 5) is 12.0. The standard InChI is InChI=1S/C15H22N2O5.ClH/c1-20-11-5-10(6-12(7-11)21-2)14(18)8-17-15(19)13-9-22-4-3-16-13;/h5-7,13-14,16,18H,3-4,8-9H2,1-2H3,(H,17,19);1H. The number of amides is 1. The molecule has 1 fully saturated rings. The highest BCUT2D eigenvalue weighted by Crippen LogP contribution is 2.26. The molecular formula is C15H23ClN2O5. The van der Waals surface area contributed by atoms with E-state index in [0.29, 0.717) is 36.8 Å². The molecular weight excluding hydrogens is 324 g/mol. The van der Waals surface area contributed by atoms with Gasteiger partial charge in [0.2, 0.25) is 5.91 Å². The van der Waals surface area contributed by atoms with Gasteiger partial charge in [-0.2, -0.15) is 0 Å². The highest BCUT2D eigenvalue weighted by Gasteiger charge is 2.22. The number of carbonyl (C=O) groups is 1. The number of benzene rings is 1. The summed E-state index contributed by atoms with van der Waals surface area (Å²) in [5.74, 6) is 0.984. The summed E-state index contributed by atoms with van der Waals surface area (Å²) in [6, 6.07) is 4.77. The smallest absolute Gasteiger partial charge is 0.239 e. The van der Waals surface area contributed by atoms with Gasteiger partial charge in [0.15, 0.2) is 0 Å². The fraction of sp³-hybridized carbons (Fsp3) is 0.533. The predicted molar refractivity (Wildman–Crippen MR) is 87.4 cm³/mol. The van der Waals surface area contributed by atoms with E-state index in [4.69, 9.17) is 14.2 Å². The third-order valence-electron chi connectivity index (χ3n) is 3.47. The molecule has 1 heterocycles. The number of ether oxygens (including phenoxy) is 3. The number of nitrogens with one attached hydrogen (secondary N) is 2. The van der Waals surface area contributed by atoms with E-state index in [1.54, 1.807) is 32.4 Å². The third kappa shape index (κ3) is 5.54. The molecule has 130 valence electrons. The Morgan fingerprint density at radius 3 is 2.57 bits per heavy atom. The van der Waals surface area contributed by atoms with Crippen LogP contribution in [0.5, 0.6) is 11.5 Å². The van der Waals surface area contributed by atoms with E-state index in [0.717, 1.165) is 0 Å². The molecule has 1 aromatic rings. The molecule has 3 N–H and O–H groups in total. The van der Waals surface area contributed by atoms with E-state index in [1.807, 2.05) is 0 Å². The number of hydrogen-bond acceptors (Lipinski definition) is 6. The van der Waals surface area contributed by atoms with Crippen molar-refractivity contribution < 1.29 is 24.1 Å². The Morgan fingerprint density at radius 2 is 2.04 bits per heavy atom. The van der Waals surface area contributed by atoms with Crippen molar-refractivity contribution >= 4 is 18.3 Å². The molecule has 1 amide bonds.